The number of methoxy groups -OCH3 is 1. The van der Waals surface area contributed by atoms with Crippen LogP contribution in [0.25, 0.3) is 0 Å². The third-order valence-corrected chi connectivity index (χ3v) is 2.23. The van der Waals surface area contributed by atoms with Crippen LogP contribution in [0.15, 0.2) is 33.5 Å². The lowest BCUT2D eigenvalue weighted by atomic mass is 10.3. The molecule has 0 aromatic heterocycles. The maximum Gasteiger partial charge on any atom is 0.177 e. The van der Waals surface area contributed by atoms with Gasteiger partial charge in [-0.15, -0.1) is 10.2 Å². The minimum absolute atomic E-state index is 0.00241. The molecular formula is C10H12N6O2. The van der Waals surface area contributed by atoms with E-state index in [1.165, 1.54) is 13.2 Å². The molecule has 0 saturated heterocycles. The van der Waals surface area contributed by atoms with E-state index in [0.717, 1.165) is 0 Å². The van der Waals surface area contributed by atoms with Crippen LogP contribution in [0.1, 0.15) is 0 Å². The highest BCUT2D eigenvalue weighted by molar-refractivity contribution is 6.68. The number of benzene rings is 1. The lowest BCUT2D eigenvalue weighted by molar-refractivity contribution is 0.373. The molecule has 0 radical (unpaired) electrons. The average Bonchev–Trinajstić information content (AvgIpc) is 2.67. The number of nitrogens with two attached hydrogens (primary N) is 2. The van der Waals surface area contributed by atoms with Crippen LogP contribution in [0, 0.1) is 0 Å². The van der Waals surface area contributed by atoms with E-state index in [0.29, 0.717) is 11.4 Å². The van der Waals surface area contributed by atoms with Crippen molar-refractivity contribution in [3.63, 3.8) is 0 Å². The van der Waals surface area contributed by atoms with Gasteiger partial charge in [0.15, 0.2) is 28.9 Å². The smallest absolute Gasteiger partial charge is 0.177 e. The number of rotatable bonds is 3. The first-order chi connectivity index (χ1) is 8.61. The topological polar surface area (TPSA) is 131 Å². The summed E-state index contributed by atoms with van der Waals surface area (Å²) in [6.07, 6.45) is 0. The molecule has 0 bridgehead atoms. The molecule has 0 amide bonds. The fourth-order valence-electron chi connectivity index (χ4n) is 1.33. The molecule has 8 heteroatoms. The Morgan fingerprint density at radius 1 is 1.28 bits per heavy atom. The monoisotopic (exact) mass is 248 g/mol. The number of hydrazone groups is 1. The average molecular weight is 248 g/mol. The van der Waals surface area contributed by atoms with Crippen molar-refractivity contribution < 1.29 is 9.84 Å². The van der Waals surface area contributed by atoms with Gasteiger partial charge < -0.3 is 21.3 Å². The molecule has 0 aliphatic carbocycles. The maximum absolute atomic E-state index is 9.58. The molecular weight excluding hydrogens is 236 g/mol. The van der Waals surface area contributed by atoms with Crippen molar-refractivity contribution in [2.75, 3.05) is 12.5 Å². The van der Waals surface area contributed by atoms with E-state index in [1.807, 2.05) is 0 Å². The van der Waals surface area contributed by atoms with Gasteiger partial charge in [-0.05, 0) is 12.1 Å². The van der Waals surface area contributed by atoms with Gasteiger partial charge in [0, 0.05) is 6.07 Å². The number of nitrogens with one attached hydrogen (secondary N) is 1. The normalized spacial score (nSPS) is 13.9. The molecule has 1 heterocycles. The van der Waals surface area contributed by atoms with Crippen LogP contribution >= 0.6 is 0 Å². The first kappa shape index (κ1) is 11.7. The fraction of sp³-hybridized carbons (Fsp3) is 0.100. The number of phenolic OH excluding ortho intramolecular Hbond substituents is 1. The summed E-state index contributed by atoms with van der Waals surface area (Å²) in [7, 11) is 1.47. The van der Waals surface area contributed by atoms with Gasteiger partial charge in [-0.2, -0.15) is 5.10 Å². The van der Waals surface area contributed by atoms with Gasteiger partial charge in [0.1, 0.15) is 0 Å². The summed E-state index contributed by atoms with van der Waals surface area (Å²) in [5.74, 6) is 0.643. The molecule has 0 atom stereocenters. The summed E-state index contributed by atoms with van der Waals surface area (Å²) in [5.41, 5.74) is 14.6. The van der Waals surface area contributed by atoms with Crippen molar-refractivity contribution in [3.05, 3.63) is 18.2 Å². The van der Waals surface area contributed by atoms with Crippen LogP contribution in [-0.4, -0.2) is 29.6 Å². The standard InChI is InChI=1S/C10H12N6O2/c1-18-7-3-2-5(4-6(7)17)13-14-8-9(11)15-16-10(8)12/h2-4,13,17H,1H3,(H4,11,12,14,15,16). The number of phenols is 1. The Labute approximate surface area is 103 Å². The molecule has 0 saturated carbocycles. The predicted octanol–water partition coefficient (Wildman–Crippen LogP) is -0.188. The summed E-state index contributed by atoms with van der Waals surface area (Å²) in [5, 5.41) is 20.7. The van der Waals surface area contributed by atoms with Crippen molar-refractivity contribution in [3.8, 4) is 11.5 Å². The largest absolute Gasteiger partial charge is 0.504 e. The van der Waals surface area contributed by atoms with E-state index in [2.05, 4.69) is 20.7 Å². The highest BCUT2D eigenvalue weighted by Gasteiger charge is 2.16. The van der Waals surface area contributed by atoms with E-state index >= 15 is 0 Å². The summed E-state index contributed by atoms with van der Waals surface area (Å²) < 4.78 is 4.92. The first-order valence-electron chi connectivity index (χ1n) is 5.00. The number of amidine groups is 2. The first-order valence-corrected chi connectivity index (χ1v) is 5.00. The van der Waals surface area contributed by atoms with Gasteiger partial charge in [-0.1, -0.05) is 0 Å². The van der Waals surface area contributed by atoms with E-state index < -0.39 is 0 Å². The zero-order valence-electron chi connectivity index (χ0n) is 9.58. The van der Waals surface area contributed by atoms with Crippen LogP contribution in [0.2, 0.25) is 0 Å². The van der Waals surface area contributed by atoms with Crippen molar-refractivity contribution >= 4 is 23.1 Å². The van der Waals surface area contributed by atoms with Gasteiger partial charge in [0.2, 0.25) is 0 Å². The lowest BCUT2D eigenvalue weighted by Crippen LogP contribution is -2.32. The zero-order chi connectivity index (χ0) is 13.1. The Bertz CT molecular complexity index is 543. The molecule has 0 spiro atoms. The van der Waals surface area contributed by atoms with Crippen LogP contribution in [-0.2, 0) is 0 Å². The molecule has 94 valence electrons. The Hall–Kier alpha value is -2.77. The Morgan fingerprint density at radius 3 is 2.50 bits per heavy atom. The predicted molar refractivity (Wildman–Crippen MR) is 69.0 cm³/mol. The van der Waals surface area contributed by atoms with Crippen LogP contribution in [0.5, 0.6) is 11.5 Å². The van der Waals surface area contributed by atoms with Crippen molar-refractivity contribution in [2.45, 2.75) is 0 Å². The van der Waals surface area contributed by atoms with Crippen molar-refractivity contribution in [2.24, 2.45) is 26.8 Å². The molecule has 8 nitrogen and oxygen atoms in total. The number of anilines is 1. The quantitative estimate of drug-likeness (QED) is 0.551. The lowest BCUT2D eigenvalue weighted by Gasteiger charge is -2.06. The molecule has 1 aliphatic heterocycles. The molecule has 1 aliphatic rings. The minimum atomic E-state index is -0.00241. The SMILES string of the molecule is COc1ccc(NN=C2C(N)=NN=C2N)cc1O. The van der Waals surface area contributed by atoms with Crippen LogP contribution < -0.4 is 21.6 Å². The minimum Gasteiger partial charge on any atom is -0.504 e. The van der Waals surface area contributed by atoms with Crippen LogP contribution in [0.3, 0.4) is 0 Å². The molecule has 0 fully saturated rings. The van der Waals surface area contributed by atoms with Gasteiger partial charge in [-0.25, -0.2) is 0 Å². The van der Waals surface area contributed by atoms with Gasteiger partial charge in [0.05, 0.1) is 12.8 Å². The molecule has 6 N–H and O–H groups in total. The van der Waals surface area contributed by atoms with Gasteiger partial charge in [0.25, 0.3) is 0 Å². The second-order valence-electron chi connectivity index (χ2n) is 3.43. The van der Waals surface area contributed by atoms with Crippen LogP contribution in [0.4, 0.5) is 5.69 Å². The highest BCUT2D eigenvalue weighted by Crippen LogP contribution is 2.28. The molecule has 1 aromatic carbocycles. The Balaban J connectivity index is 2.16. The van der Waals surface area contributed by atoms with E-state index in [-0.39, 0.29) is 23.1 Å². The van der Waals surface area contributed by atoms with Crippen molar-refractivity contribution in [1.82, 2.24) is 0 Å². The number of ether oxygens (including phenoxy) is 1. The molecule has 0 unspecified atom stereocenters. The maximum atomic E-state index is 9.58. The summed E-state index contributed by atoms with van der Waals surface area (Å²) in [6, 6.07) is 4.73. The van der Waals surface area contributed by atoms with Gasteiger partial charge in [-0.3, -0.25) is 5.43 Å². The van der Waals surface area contributed by atoms with Gasteiger partial charge >= 0.3 is 0 Å². The second kappa shape index (κ2) is 4.62. The fourth-order valence-corrected chi connectivity index (χ4v) is 1.33. The number of hydrogen-bond acceptors (Lipinski definition) is 8. The van der Waals surface area contributed by atoms with E-state index in [4.69, 9.17) is 16.2 Å². The third kappa shape index (κ3) is 2.17. The molecule has 18 heavy (non-hydrogen) atoms. The van der Waals surface area contributed by atoms with Crippen molar-refractivity contribution in [1.29, 1.82) is 0 Å². The number of hydrogen-bond donors (Lipinski definition) is 4. The summed E-state index contributed by atoms with van der Waals surface area (Å²) >= 11 is 0. The molecule has 2 rings (SSSR count). The third-order valence-electron chi connectivity index (χ3n) is 2.23. The Kier molecular flexibility index (Phi) is 3.00. The summed E-state index contributed by atoms with van der Waals surface area (Å²) in [4.78, 5) is 0. The summed E-state index contributed by atoms with van der Waals surface area (Å²) in [6.45, 7) is 0. The van der Waals surface area contributed by atoms with E-state index in [9.17, 15) is 5.11 Å². The van der Waals surface area contributed by atoms with E-state index in [1.54, 1.807) is 12.1 Å². The number of aromatic hydroxyl groups is 1. The zero-order valence-corrected chi connectivity index (χ0v) is 9.58. The second-order valence-corrected chi connectivity index (χ2v) is 3.43. The Morgan fingerprint density at radius 2 is 1.94 bits per heavy atom. The molecule has 1 aromatic rings. The highest BCUT2D eigenvalue weighted by atomic mass is 16.5. The number of nitrogens with zero attached hydrogens (tertiary/aromatic N) is 3.